The molecule has 0 saturated carbocycles. The number of methoxy groups -OCH3 is 2. The Morgan fingerprint density at radius 3 is 2.53 bits per heavy atom. The third-order valence-electron chi connectivity index (χ3n) is 3.28. The summed E-state index contributed by atoms with van der Waals surface area (Å²) in [4.78, 5) is 13.9. The lowest BCUT2D eigenvalue weighted by molar-refractivity contribution is -0.134. The number of carbonyl (C=O) groups excluding carboxylic acids is 1. The average Bonchev–Trinajstić information content (AvgIpc) is 2.36. The molecule has 1 unspecified atom stereocenters. The van der Waals surface area contributed by atoms with Gasteiger partial charge in [0.2, 0.25) is 5.91 Å². The third kappa shape index (κ3) is 4.61. The molecule has 0 aromatic heterocycles. The number of nitrogens with two attached hydrogens (primary N) is 1. The molecule has 0 spiro atoms. The van der Waals surface area contributed by atoms with E-state index in [2.05, 4.69) is 0 Å². The van der Waals surface area contributed by atoms with Gasteiger partial charge in [-0.05, 0) is 25.2 Å². The highest BCUT2D eigenvalue weighted by Crippen LogP contribution is 2.18. The first-order chi connectivity index (χ1) is 8.19. The molecule has 0 aliphatic carbocycles. The topological polar surface area (TPSA) is 64.8 Å². The number of piperidine rings is 1. The first kappa shape index (κ1) is 14.4. The van der Waals surface area contributed by atoms with Gasteiger partial charge in [0.05, 0.1) is 6.04 Å². The van der Waals surface area contributed by atoms with E-state index in [4.69, 9.17) is 15.2 Å². The highest BCUT2D eigenvalue weighted by atomic mass is 16.5. The zero-order valence-corrected chi connectivity index (χ0v) is 10.9. The summed E-state index contributed by atoms with van der Waals surface area (Å²) in [5.41, 5.74) is 5.83. The molecule has 1 saturated heterocycles. The summed E-state index contributed by atoms with van der Waals surface area (Å²) in [6.45, 7) is 2.92. The van der Waals surface area contributed by atoms with Gasteiger partial charge in [-0.1, -0.05) is 0 Å². The number of likely N-dealkylation sites (tertiary alicyclic amines) is 1. The summed E-state index contributed by atoms with van der Waals surface area (Å²) in [5, 5.41) is 0. The maximum atomic E-state index is 12.0. The zero-order chi connectivity index (χ0) is 12.7. The molecule has 0 radical (unpaired) electrons. The van der Waals surface area contributed by atoms with Crippen molar-refractivity contribution in [2.75, 3.05) is 40.5 Å². The Kier molecular flexibility index (Phi) is 6.47. The number of nitrogens with zero attached hydrogens (tertiary/aromatic N) is 1. The molecule has 0 aromatic rings. The van der Waals surface area contributed by atoms with Crippen LogP contribution in [-0.4, -0.2) is 57.4 Å². The molecule has 1 fully saturated rings. The van der Waals surface area contributed by atoms with Crippen molar-refractivity contribution < 1.29 is 14.3 Å². The highest BCUT2D eigenvalue weighted by molar-refractivity contribution is 5.81. The van der Waals surface area contributed by atoms with E-state index < -0.39 is 6.04 Å². The minimum Gasteiger partial charge on any atom is -0.385 e. The van der Waals surface area contributed by atoms with Crippen LogP contribution in [0, 0.1) is 5.92 Å². The Labute approximate surface area is 103 Å². The monoisotopic (exact) mass is 244 g/mol. The molecule has 17 heavy (non-hydrogen) atoms. The molecule has 1 aliphatic heterocycles. The van der Waals surface area contributed by atoms with E-state index >= 15 is 0 Å². The van der Waals surface area contributed by atoms with E-state index in [1.54, 1.807) is 14.2 Å². The number of hydrogen-bond donors (Lipinski definition) is 1. The van der Waals surface area contributed by atoms with Crippen molar-refractivity contribution in [3.63, 3.8) is 0 Å². The second-order valence-corrected chi connectivity index (χ2v) is 4.61. The summed E-state index contributed by atoms with van der Waals surface area (Å²) >= 11 is 0. The van der Waals surface area contributed by atoms with Crippen molar-refractivity contribution in [1.29, 1.82) is 0 Å². The second kappa shape index (κ2) is 7.63. The van der Waals surface area contributed by atoms with Crippen LogP contribution in [0.15, 0.2) is 0 Å². The predicted molar refractivity (Wildman–Crippen MR) is 65.6 cm³/mol. The minimum atomic E-state index is -0.422. The van der Waals surface area contributed by atoms with Gasteiger partial charge in [0.25, 0.3) is 0 Å². The fourth-order valence-electron chi connectivity index (χ4n) is 2.16. The number of rotatable bonds is 6. The van der Waals surface area contributed by atoms with Gasteiger partial charge in [-0.25, -0.2) is 0 Å². The van der Waals surface area contributed by atoms with Crippen LogP contribution in [0.3, 0.4) is 0 Å². The maximum absolute atomic E-state index is 12.0. The zero-order valence-electron chi connectivity index (χ0n) is 10.9. The molecule has 1 atom stereocenters. The number of amides is 1. The van der Waals surface area contributed by atoms with E-state index in [0.29, 0.717) is 18.9 Å². The molecule has 0 bridgehead atoms. The lowest BCUT2D eigenvalue weighted by Gasteiger charge is -2.33. The summed E-state index contributed by atoms with van der Waals surface area (Å²) in [7, 11) is 3.34. The van der Waals surface area contributed by atoms with E-state index in [1.807, 2.05) is 4.90 Å². The van der Waals surface area contributed by atoms with Gasteiger partial charge >= 0.3 is 0 Å². The van der Waals surface area contributed by atoms with Crippen molar-refractivity contribution >= 4 is 5.91 Å². The molecule has 2 N–H and O–H groups in total. The number of ether oxygens (including phenoxy) is 2. The Morgan fingerprint density at radius 1 is 1.35 bits per heavy atom. The average molecular weight is 244 g/mol. The fraction of sp³-hybridized carbons (Fsp3) is 0.917. The molecule has 1 rings (SSSR count). The molecule has 5 nitrogen and oxygen atoms in total. The van der Waals surface area contributed by atoms with Crippen LogP contribution >= 0.6 is 0 Å². The van der Waals surface area contributed by atoms with Gasteiger partial charge < -0.3 is 20.1 Å². The normalized spacial score (nSPS) is 19.4. The quantitative estimate of drug-likeness (QED) is 0.726. The Morgan fingerprint density at radius 2 is 2.00 bits per heavy atom. The van der Waals surface area contributed by atoms with Gasteiger partial charge in [0, 0.05) is 40.5 Å². The summed E-state index contributed by atoms with van der Waals surface area (Å²) in [6, 6.07) is -0.422. The van der Waals surface area contributed by atoms with Crippen molar-refractivity contribution in [2.45, 2.75) is 25.3 Å². The first-order valence-electron chi connectivity index (χ1n) is 6.21. The Bertz CT molecular complexity index is 228. The summed E-state index contributed by atoms with van der Waals surface area (Å²) in [5.74, 6) is 0.636. The van der Waals surface area contributed by atoms with Gasteiger partial charge in [-0.2, -0.15) is 0 Å². The molecule has 5 heteroatoms. The van der Waals surface area contributed by atoms with Gasteiger partial charge in [0.15, 0.2) is 0 Å². The van der Waals surface area contributed by atoms with Crippen molar-refractivity contribution in [3.8, 4) is 0 Å². The minimum absolute atomic E-state index is 0.0536. The predicted octanol–water partition coefficient (Wildman–Crippen LogP) is 0.235. The Hall–Kier alpha value is -0.650. The second-order valence-electron chi connectivity index (χ2n) is 4.61. The highest BCUT2D eigenvalue weighted by Gasteiger charge is 2.25. The smallest absolute Gasteiger partial charge is 0.239 e. The molecule has 1 heterocycles. The largest absolute Gasteiger partial charge is 0.385 e. The molecule has 100 valence electrons. The van der Waals surface area contributed by atoms with E-state index in [9.17, 15) is 4.79 Å². The molecule has 1 amide bonds. The third-order valence-corrected chi connectivity index (χ3v) is 3.28. The number of hydrogen-bond acceptors (Lipinski definition) is 4. The Balaban J connectivity index is 2.30. The summed E-state index contributed by atoms with van der Waals surface area (Å²) < 4.78 is 10.1. The van der Waals surface area contributed by atoms with E-state index in [1.165, 1.54) is 0 Å². The maximum Gasteiger partial charge on any atom is 0.239 e. The fourth-order valence-corrected chi connectivity index (χ4v) is 2.16. The van der Waals surface area contributed by atoms with Crippen LogP contribution in [0.25, 0.3) is 0 Å². The molecular formula is C12H24N2O3. The van der Waals surface area contributed by atoms with Gasteiger partial charge in [0.1, 0.15) is 0 Å². The van der Waals surface area contributed by atoms with Crippen LogP contribution in [0.4, 0.5) is 0 Å². The van der Waals surface area contributed by atoms with Crippen LogP contribution < -0.4 is 5.73 Å². The van der Waals surface area contributed by atoms with Crippen molar-refractivity contribution in [3.05, 3.63) is 0 Å². The molecule has 0 aromatic carbocycles. The lowest BCUT2D eigenvalue weighted by Crippen LogP contribution is -2.47. The SMILES string of the molecule is COCCC(N)C(=O)N1CCC(COC)CC1. The van der Waals surface area contributed by atoms with Crippen molar-refractivity contribution in [2.24, 2.45) is 11.7 Å². The van der Waals surface area contributed by atoms with Crippen molar-refractivity contribution in [1.82, 2.24) is 4.90 Å². The lowest BCUT2D eigenvalue weighted by atomic mass is 9.97. The van der Waals surface area contributed by atoms with Crippen LogP contribution in [0.5, 0.6) is 0 Å². The van der Waals surface area contributed by atoms with Gasteiger partial charge in [-0.3, -0.25) is 4.79 Å². The van der Waals surface area contributed by atoms with E-state index in [-0.39, 0.29) is 5.91 Å². The van der Waals surface area contributed by atoms with Crippen LogP contribution in [0.1, 0.15) is 19.3 Å². The standard InChI is InChI=1S/C12H24N2O3/c1-16-8-5-11(13)12(15)14-6-3-10(4-7-14)9-17-2/h10-11H,3-9,13H2,1-2H3. The van der Waals surface area contributed by atoms with Crippen LogP contribution in [-0.2, 0) is 14.3 Å². The van der Waals surface area contributed by atoms with Gasteiger partial charge in [-0.15, -0.1) is 0 Å². The molecular weight excluding hydrogens is 220 g/mol. The first-order valence-corrected chi connectivity index (χ1v) is 6.21. The number of carbonyl (C=O) groups is 1. The molecule has 1 aliphatic rings. The van der Waals surface area contributed by atoms with Crippen LogP contribution in [0.2, 0.25) is 0 Å². The summed E-state index contributed by atoms with van der Waals surface area (Å²) in [6.07, 6.45) is 2.61. The van der Waals surface area contributed by atoms with E-state index in [0.717, 1.165) is 32.5 Å².